The quantitative estimate of drug-likeness (QED) is 0.442. The van der Waals surface area contributed by atoms with Crippen molar-refractivity contribution in [3.8, 4) is 5.75 Å². The van der Waals surface area contributed by atoms with Gasteiger partial charge in [0.15, 0.2) is 18.2 Å². The van der Waals surface area contributed by atoms with Crippen LogP contribution in [0.15, 0.2) is 36.5 Å². The normalized spacial score (nSPS) is 16.2. The van der Waals surface area contributed by atoms with Crippen molar-refractivity contribution in [1.82, 2.24) is 9.88 Å². The number of aromatic nitrogens is 1. The van der Waals surface area contributed by atoms with Gasteiger partial charge in [-0.05, 0) is 42.7 Å². The van der Waals surface area contributed by atoms with Crippen molar-refractivity contribution in [2.45, 2.75) is 25.6 Å². The van der Waals surface area contributed by atoms with E-state index in [4.69, 9.17) is 9.47 Å². The van der Waals surface area contributed by atoms with Gasteiger partial charge < -0.3 is 19.3 Å². The summed E-state index contributed by atoms with van der Waals surface area (Å²) in [7, 11) is 2.83. The lowest BCUT2D eigenvalue weighted by Gasteiger charge is -2.33. The van der Waals surface area contributed by atoms with E-state index in [9.17, 15) is 27.2 Å². The summed E-state index contributed by atoms with van der Waals surface area (Å²) in [6.07, 6.45) is -2.39. The zero-order valence-corrected chi connectivity index (χ0v) is 18.8. The number of rotatable bonds is 7. The molecular formula is C23H25F4N3O4. The molecule has 0 spiro atoms. The Bertz CT molecular complexity index is 1030. The highest BCUT2D eigenvalue weighted by Gasteiger charge is 2.37. The highest BCUT2D eigenvalue weighted by Crippen LogP contribution is 2.36. The Labute approximate surface area is 194 Å². The van der Waals surface area contributed by atoms with E-state index >= 15 is 0 Å². The van der Waals surface area contributed by atoms with Crippen LogP contribution in [0.4, 0.5) is 23.4 Å². The average molecular weight is 483 g/mol. The van der Waals surface area contributed by atoms with Crippen LogP contribution in [0, 0.1) is 11.7 Å². The minimum absolute atomic E-state index is 0.00802. The zero-order chi connectivity index (χ0) is 24.9. The number of hydrogen-bond donors (Lipinski definition) is 0. The van der Waals surface area contributed by atoms with Crippen LogP contribution in [-0.2, 0) is 27.0 Å². The van der Waals surface area contributed by atoms with Crippen LogP contribution in [0.3, 0.4) is 0 Å². The summed E-state index contributed by atoms with van der Waals surface area (Å²) in [5, 5.41) is 0. The molecule has 1 aromatic heterocycles. The molecule has 1 saturated heterocycles. The maximum absolute atomic E-state index is 13.8. The Kier molecular flexibility index (Phi) is 7.95. The van der Waals surface area contributed by atoms with Gasteiger partial charge in [-0.3, -0.25) is 9.59 Å². The van der Waals surface area contributed by atoms with Crippen LogP contribution in [0.2, 0.25) is 0 Å². The molecular weight excluding hydrogens is 458 g/mol. The van der Waals surface area contributed by atoms with E-state index < -0.39 is 42.0 Å². The van der Waals surface area contributed by atoms with Gasteiger partial charge in [0, 0.05) is 32.9 Å². The number of benzene rings is 1. The van der Waals surface area contributed by atoms with Crippen molar-refractivity contribution in [1.29, 1.82) is 0 Å². The number of carbonyl (C=O) groups excluding carboxylic acids is 2. The molecule has 2 aromatic rings. The average Bonchev–Trinajstić information content (AvgIpc) is 2.82. The van der Waals surface area contributed by atoms with E-state index in [1.807, 2.05) is 0 Å². The Balaban J connectivity index is 1.55. The second-order valence-corrected chi connectivity index (χ2v) is 7.98. The summed E-state index contributed by atoms with van der Waals surface area (Å²) in [6, 6.07) is 6.47. The molecule has 1 fully saturated rings. The van der Waals surface area contributed by atoms with Crippen LogP contribution in [0.25, 0.3) is 0 Å². The number of amides is 1. The first-order valence-corrected chi connectivity index (χ1v) is 10.6. The van der Waals surface area contributed by atoms with Gasteiger partial charge >= 0.3 is 12.1 Å². The molecule has 3 rings (SSSR count). The topological polar surface area (TPSA) is 72.0 Å². The maximum atomic E-state index is 13.8. The van der Waals surface area contributed by atoms with Crippen molar-refractivity contribution in [2.75, 3.05) is 38.8 Å². The first-order valence-electron chi connectivity index (χ1n) is 10.6. The van der Waals surface area contributed by atoms with E-state index in [2.05, 4.69) is 4.98 Å². The molecule has 11 heteroatoms. The number of likely N-dealkylation sites (N-methyl/N-ethyl adjacent to an activating group) is 1. The van der Waals surface area contributed by atoms with Crippen molar-refractivity contribution in [2.24, 2.45) is 5.92 Å². The lowest BCUT2D eigenvalue weighted by Crippen LogP contribution is -2.41. The number of carbonyl (C=O) groups is 2. The van der Waals surface area contributed by atoms with Gasteiger partial charge in [0.25, 0.3) is 5.91 Å². The molecule has 1 aliphatic rings. The number of piperidine rings is 1. The number of alkyl halides is 3. The van der Waals surface area contributed by atoms with Gasteiger partial charge in [-0.1, -0.05) is 6.07 Å². The van der Waals surface area contributed by atoms with Gasteiger partial charge in [-0.2, -0.15) is 13.2 Å². The molecule has 1 aromatic carbocycles. The second kappa shape index (κ2) is 10.7. The summed E-state index contributed by atoms with van der Waals surface area (Å²) in [6.45, 7) is -0.103. The van der Waals surface area contributed by atoms with Crippen LogP contribution in [-0.4, -0.2) is 55.6 Å². The summed E-state index contributed by atoms with van der Waals surface area (Å²) in [5.74, 6) is -2.55. The van der Waals surface area contributed by atoms with Gasteiger partial charge in [0.1, 0.15) is 5.82 Å². The Morgan fingerprint density at radius 3 is 2.71 bits per heavy atom. The smallest absolute Gasteiger partial charge is 0.419 e. The number of pyridine rings is 1. The fourth-order valence-corrected chi connectivity index (χ4v) is 3.76. The fourth-order valence-electron chi connectivity index (χ4n) is 3.76. The summed E-state index contributed by atoms with van der Waals surface area (Å²) < 4.78 is 63.8. The molecule has 1 aliphatic heterocycles. The number of methoxy groups -OCH3 is 1. The summed E-state index contributed by atoms with van der Waals surface area (Å²) in [4.78, 5) is 31.5. The minimum atomic E-state index is -4.57. The van der Waals surface area contributed by atoms with Gasteiger partial charge in [-0.25, -0.2) is 9.37 Å². The molecule has 184 valence electrons. The number of esters is 1. The van der Waals surface area contributed by atoms with Crippen molar-refractivity contribution >= 4 is 17.7 Å². The van der Waals surface area contributed by atoms with Crippen LogP contribution >= 0.6 is 0 Å². The van der Waals surface area contributed by atoms with E-state index in [1.54, 1.807) is 6.07 Å². The van der Waals surface area contributed by atoms with E-state index in [0.717, 1.165) is 6.07 Å². The molecule has 7 nitrogen and oxygen atoms in total. The summed E-state index contributed by atoms with van der Waals surface area (Å²) in [5.41, 5.74) is -0.338. The highest BCUT2D eigenvalue weighted by atomic mass is 19.4. The molecule has 0 radical (unpaired) electrons. The molecule has 1 unspecified atom stereocenters. The van der Waals surface area contributed by atoms with Gasteiger partial charge in [-0.15, -0.1) is 0 Å². The lowest BCUT2D eigenvalue weighted by atomic mass is 9.98. The second-order valence-electron chi connectivity index (χ2n) is 7.98. The Morgan fingerprint density at radius 2 is 2.03 bits per heavy atom. The molecule has 0 N–H and O–H groups in total. The number of hydrogen-bond acceptors (Lipinski definition) is 6. The number of anilines is 1. The predicted octanol–water partition coefficient (Wildman–Crippen LogP) is 3.67. The molecule has 34 heavy (non-hydrogen) atoms. The number of nitrogens with zero attached hydrogens (tertiary/aromatic N) is 3. The number of halogens is 4. The van der Waals surface area contributed by atoms with Crippen LogP contribution in [0.5, 0.6) is 5.75 Å². The van der Waals surface area contributed by atoms with Crippen molar-refractivity contribution in [3.05, 3.63) is 53.5 Å². The van der Waals surface area contributed by atoms with Gasteiger partial charge in [0.2, 0.25) is 0 Å². The SMILES string of the molecule is COc1ccc(CN(C)C(=O)COC(=O)C2CCCN(c3ncccc3C(F)(F)F)C2)cc1F. The minimum Gasteiger partial charge on any atom is -0.494 e. The molecule has 0 saturated carbocycles. The van der Waals surface area contributed by atoms with Crippen molar-refractivity contribution < 1.29 is 36.6 Å². The zero-order valence-electron chi connectivity index (χ0n) is 18.8. The number of ether oxygens (including phenoxy) is 2. The first kappa shape index (κ1) is 25.3. The standard InChI is InChI=1S/C23H25F4N3O4/c1-29(12-15-7-8-19(33-2)18(24)11-15)20(31)14-34-22(32)16-5-4-10-30(13-16)21-17(23(25,26)27)6-3-9-28-21/h3,6-9,11,16H,4-5,10,12-14H2,1-2H3. The Morgan fingerprint density at radius 1 is 1.26 bits per heavy atom. The third kappa shape index (κ3) is 6.15. The van der Waals surface area contributed by atoms with E-state index in [0.29, 0.717) is 24.9 Å². The van der Waals surface area contributed by atoms with E-state index in [1.165, 1.54) is 48.4 Å². The molecule has 2 heterocycles. The van der Waals surface area contributed by atoms with Gasteiger partial charge in [0.05, 0.1) is 18.6 Å². The summed E-state index contributed by atoms with van der Waals surface area (Å²) >= 11 is 0. The molecule has 1 amide bonds. The first-order chi connectivity index (χ1) is 16.1. The predicted molar refractivity (Wildman–Crippen MR) is 115 cm³/mol. The monoisotopic (exact) mass is 483 g/mol. The maximum Gasteiger partial charge on any atom is 0.419 e. The molecule has 0 bridgehead atoms. The van der Waals surface area contributed by atoms with Crippen molar-refractivity contribution in [3.63, 3.8) is 0 Å². The molecule has 0 aliphatic carbocycles. The largest absolute Gasteiger partial charge is 0.494 e. The third-order valence-corrected chi connectivity index (χ3v) is 5.55. The van der Waals surface area contributed by atoms with E-state index in [-0.39, 0.29) is 24.7 Å². The highest BCUT2D eigenvalue weighted by molar-refractivity contribution is 5.81. The third-order valence-electron chi connectivity index (χ3n) is 5.55. The Hall–Kier alpha value is -3.37. The molecule has 1 atom stereocenters. The van der Waals surface area contributed by atoms with Crippen LogP contribution in [0.1, 0.15) is 24.0 Å². The van der Waals surface area contributed by atoms with Crippen LogP contribution < -0.4 is 9.64 Å². The lowest BCUT2D eigenvalue weighted by molar-refractivity contribution is -0.155. The fraction of sp³-hybridized carbons (Fsp3) is 0.435.